The van der Waals surface area contributed by atoms with Crippen LogP contribution in [0.4, 0.5) is 5.69 Å². The number of phenols is 1. The number of hydrogen-bond acceptors (Lipinski definition) is 2. The molecule has 0 bridgehead atoms. The molecule has 0 saturated heterocycles. The van der Waals surface area contributed by atoms with E-state index in [1.54, 1.807) is 6.07 Å². The molecule has 0 atom stereocenters. The fraction of sp³-hybridized carbons (Fsp3) is 0. The van der Waals surface area contributed by atoms with E-state index in [9.17, 15) is 5.11 Å². The molecule has 2 aromatic carbocycles. The van der Waals surface area contributed by atoms with E-state index in [0.29, 0.717) is 10.6 Å². The van der Waals surface area contributed by atoms with Gasteiger partial charge in [0.25, 0.3) is 0 Å². The number of rotatable bonds is 2. The van der Waals surface area contributed by atoms with Crippen molar-refractivity contribution in [1.82, 2.24) is 0 Å². The first-order valence-corrected chi connectivity index (χ1v) is 5.42. The SMILES string of the molecule is [B]c1cc(Cl)cc(C=Nc2ccccc2)c1O. The summed E-state index contributed by atoms with van der Waals surface area (Å²) in [6.07, 6.45) is 1.53. The summed E-state index contributed by atoms with van der Waals surface area (Å²) in [5, 5.41) is 10.2. The van der Waals surface area contributed by atoms with Crippen molar-refractivity contribution in [3.8, 4) is 5.75 Å². The zero-order valence-corrected chi connectivity index (χ0v) is 9.72. The number of halogens is 1. The van der Waals surface area contributed by atoms with Crippen LogP contribution in [0.3, 0.4) is 0 Å². The Kier molecular flexibility index (Phi) is 3.50. The van der Waals surface area contributed by atoms with Crippen molar-refractivity contribution < 1.29 is 5.11 Å². The molecular weight excluding hydrogens is 232 g/mol. The summed E-state index contributed by atoms with van der Waals surface area (Å²) in [4.78, 5) is 4.22. The van der Waals surface area contributed by atoms with Gasteiger partial charge in [-0.15, -0.1) is 0 Å². The van der Waals surface area contributed by atoms with Gasteiger partial charge in [-0.1, -0.05) is 35.3 Å². The standard InChI is InChI=1S/C13H9BClNO/c14-12-7-10(15)6-9(13(12)17)8-16-11-4-2-1-3-5-11/h1-8,17H. The molecule has 0 saturated carbocycles. The van der Waals surface area contributed by atoms with Crippen molar-refractivity contribution in [2.24, 2.45) is 4.99 Å². The number of phenolic OH excluding ortho intramolecular Hbond substituents is 1. The Bertz CT molecular complexity index is 555. The first-order valence-electron chi connectivity index (χ1n) is 5.04. The predicted molar refractivity (Wildman–Crippen MR) is 72.2 cm³/mol. The summed E-state index contributed by atoms with van der Waals surface area (Å²) in [7, 11) is 5.59. The average Bonchev–Trinajstić information content (AvgIpc) is 2.33. The molecule has 17 heavy (non-hydrogen) atoms. The van der Waals surface area contributed by atoms with Crippen molar-refractivity contribution in [3.63, 3.8) is 0 Å². The zero-order valence-electron chi connectivity index (χ0n) is 8.97. The van der Waals surface area contributed by atoms with E-state index in [1.807, 2.05) is 30.3 Å². The fourth-order valence-electron chi connectivity index (χ4n) is 1.40. The smallest absolute Gasteiger partial charge is 0.119 e. The second-order valence-corrected chi connectivity index (χ2v) is 3.96. The third-order valence-electron chi connectivity index (χ3n) is 2.24. The van der Waals surface area contributed by atoms with Crippen LogP contribution in [-0.2, 0) is 0 Å². The van der Waals surface area contributed by atoms with E-state index >= 15 is 0 Å². The molecule has 0 aromatic heterocycles. The van der Waals surface area contributed by atoms with Crippen LogP contribution in [0.25, 0.3) is 0 Å². The molecule has 1 N–H and O–H groups in total. The van der Waals surface area contributed by atoms with Gasteiger partial charge in [0.2, 0.25) is 0 Å². The lowest BCUT2D eigenvalue weighted by Crippen LogP contribution is -2.04. The third kappa shape index (κ3) is 2.89. The molecule has 0 spiro atoms. The van der Waals surface area contributed by atoms with Crippen LogP contribution in [0.1, 0.15) is 5.56 Å². The molecule has 82 valence electrons. The molecular formula is C13H9BClNO. The molecule has 2 nitrogen and oxygen atoms in total. The molecule has 4 heteroatoms. The number of aliphatic imine (C=N–C) groups is 1. The van der Waals surface area contributed by atoms with Crippen molar-refractivity contribution in [2.45, 2.75) is 0 Å². The van der Waals surface area contributed by atoms with Crippen molar-refractivity contribution >= 4 is 36.8 Å². The summed E-state index contributed by atoms with van der Waals surface area (Å²) in [6, 6.07) is 12.5. The molecule has 0 aliphatic rings. The normalized spacial score (nSPS) is 10.9. The van der Waals surface area contributed by atoms with Gasteiger partial charge in [0.1, 0.15) is 13.6 Å². The minimum Gasteiger partial charge on any atom is -0.508 e. The molecule has 2 rings (SSSR count). The lowest BCUT2D eigenvalue weighted by Gasteiger charge is -2.04. The number of nitrogens with zero attached hydrogens (tertiary/aromatic N) is 1. The highest BCUT2D eigenvalue weighted by Gasteiger charge is 2.03. The number of aromatic hydroxyl groups is 1. The van der Waals surface area contributed by atoms with Crippen LogP contribution >= 0.6 is 11.6 Å². The summed E-state index contributed by atoms with van der Waals surface area (Å²) in [6.45, 7) is 0. The van der Waals surface area contributed by atoms with Gasteiger partial charge in [-0.05, 0) is 24.3 Å². The van der Waals surface area contributed by atoms with Gasteiger partial charge in [-0.2, -0.15) is 0 Å². The first kappa shape index (κ1) is 11.7. The highest BCUT2D eigenvalue weighted by Crippen LogP contribution is 2.18. The third-order valence-corrected chi connectivity index (χ3v) is 2.46. The molecule has 2 radical (unpaired) electrons. The summed E-state index contributed by atoms with van der Waals surface area (Å²) in [5.74, 6) is -0.00548. The highest BCUT2D eigenvalue weighted by molar-refractivity contribution is 6.38. The second-order valence-electron chi connectivity index (χ2n) is 3.53. The van der Waals surface area contributed by atoms with Crippen LogP contribution in [-0.4, -0.2) is 19.2 Å². The average molecular weight is 241 g/mol. The van der Waals surface area contributed by atoms with Crippen LogP contribution in [0.2, 0.25) is 5.02 Å². The van der Waals surface area contributed by atoms with Crippen molar-refractivity contribution in [3.05, 3.63) is 53.1 Å². The Labute approximate surface area is 106 Å². The van der Waals surface area contributed by atoms with E-state index in [0.717, 1.165) is 5.69 Å². The molecule has 0 heterocycles. The minimum atomic E-state index is -0.00548. The largest absolute Gasteiger partial charge is 0.508 e. The van der Waals surface area contributed by atoms with Gasteiger partial charge < -0.3 is 5.11 Å². The van der Waals surface area contributed by atoms with Gasteiger partial charge >= 0.3 is 0 Å². The van der Waals surface area contributed by atoms with E-state index < -0.39 is 0 Å². The monoisotopic (exact) mass is 241 g/mol. The Balaban J connectivity index is 2.33. The zero-order chi connectivity index (χ0) is 12.3. The Morgan fingerprint density at radius 3 is 2.59 bits per heavy atom. The Morgan fingerprint density at radius 2 is 1.88 bits per heavy atom. The van der Waals surface area contributed by atoms with Gasteiger partial charge in [-0.25, -0.2) is 0 Å². The van der Waals surface area contributed by atoms with Crippen molar-refractivity contribution in [1.29, 1.82) is 0 Å². The summed E-state index contributed by atoms with van der Waals surface area (Å²) < 4.78 is 0. The maximum Gasteiger partial charge on any atom is 0.119 e. The van der Waals surface area contributed by atoms with Gasteiger partial charge in [0.15, 0.2) is 0 Å². The number of benzene rings is 2. The first-order chi connectivity index (χ1) is 8.16. The fourth-order valence-corrected chi connectivity index (χ4v) is 1.63. The van der Waals surface area contributed by atoms with Gasteiger partial charge in [0.05, 0.1) is 5.69 Å². The van der Waals surface area contributed by atoms with Gasteiger partial charge in [0, 0.05) is 16.8 Å². The Hall–Kier alpha value is -1.74. The van der Waals surface area contributed by atoms with E-state index in [2.05, 4.69) is 4.99 Å². The maximum absolute atomic E-state index is 9.73. The van der Waals surface area contributed by atoms with Gasteiger partial charge in [-0.3, -0.25) is 4.99 Å². The molecule has 2 aromatic rings. The Morgan fingerprint density at radius 1 is 1.18 bits per heavy atom. The molecule has 0 amide bonds. The van der Waals surface area contributed by atoms with E-state index in [1.165, 1.54) is 12.3 Å². The quantitative estimate of drug-likeness (QED) is 0.636. The molecule has 0 aliphatic carbocycles. The van der Waals surface area contributed by atoms with Crippen LogP contribution in [0.15, 0.2) is 47.5 Å². The number of para-hydroxylation sites is 1. The number of hydrogen-bond donors (Lipinski definition) is 1. The topological polar surface area (TPSA) is 32.6 Å². The second kappa shape index (κ2) is 5.06. The van der Waals surface area contributed by atoms with E-state index in [4.69, 9.17) is 19.4 Å². The molecule has 0 unspecified atom stereocenters. The molecule has 0 aliphatic heterocycles. The predicted octanol–water partition coefficient (Wildman–Crippen LogP) is 2.59. The van der Waals surface area contributed by atoms with Crippen LogP contribution < -0.4 is 5.46 Å². The highest BCUT2D eigenvalue weighted by atomic mass is 35.5. The summed E-state index contributed by atoms with van der Waals surface area (Å²) in [5.41, 5.74) is 1.54. The molecule has 0 fully saturated rings. The van der Waals surface area contributed by atoms with Crippen molar-refractivity contribution in [2.75, 3.05) is 0 Å². The lowest BCUT2D eigenvalue weighted by atomic mass is 9.93. The van der Waals surface area contributed by atoms with Crippen LogP contribution in [0, 0.1) is 0 Å². The van der Waals surface area contributed by atoms with Crippen LogP contribution in [0.5, 0.6) is 5.75 Å². The lowest BCUT2D eigenvalue weighted by molar-refractivity contribution is 0.479. The maximum atomic E-state index is 9.73. The summed E-state index contributed by atoms with van der Waals surface area (Å²) >= 11 is 5.85. The minimum absolute atomic E-state index is 0.00548. The van der Waals surface area contributed by atoms with E-state index in [-0.39, 0.29) is 11.2 Å².